The molecule has 3 aliphatic heterocycles. The summed E-state index contributed by atoms with van der Waals surface area (Å²) in [5.41, 5.74) is 2.54. The van der Waals surface area contributed by atoms with Gasteiger partial charge in [-0.25, -0.2) is 0 Å². The van der Waals surface area contributed by atoms with Crippen molar-refractivity contribution >= 4 is 16.8 Å². The van der Waals surface area contributed by atoms with Crippen LogP contribution in [0.1, 0.15) is 34.8 Å². The van der Waals surface area contributed by atoms with E-state index in [2.05, 4.69) is 33.9 Å². The number of benzene rings is 2. The maximum Gasteiger partial charge on any atom is 0.252 e. The molecule has 6 rings (SSSR count). The zero-order chi connectivity index (χ0) is 23.7. The molecule has 3 saturated heterocycles. The molecule has 4 heterocycles. The standard InChI is InChI=1S/C28H31N3O3/c1-4-18-17-31-12-10-19(18)15-26(31)27(24-9-11-29-25-8-6-5-7-23(24)25)30-28(32)20-13-21(33-2)16-22(14-20)34-3/h4-9,11,13-14,16,18-19,26-27H,1,10,12,15,17H2,2-3H3,(H,30,32)/t18-,19-,26+,27+/m0/s1. The second-order valence-corrected chi connectivity index (χ2v) is 9.22. The van der Waals surface area contributed by atoms with Crippen LogP contribution in [0.25, 0.3) is 10.9 Å². The zero-order valence-corrected chi connectivity index (χ0v) is 19.7. The first-order chi connectivity index (χ1) is 16.6. The molecule has 1 amide bonds. The molecule has 2 bridgehead atoms. The third kappa shape index (κ3) is 4.14. The van der Waals surface area contributed by atoms with Gasteiger partial charge in [-0.3, -0.25) is 14.7 Å². The minimum absolute atomic E-state index is 0.147. The Morgan fingerprint density at radius 1 is 1.18 bits per heavy atom. The minimum Gasteiger partial charge on any atom is -0.497 e. The van der Waals surface area contributed by atoms with Crippen LogP contribution in [0.3, 0.4) is 0 Å². The number of amides is 1. The Kier molecular flexibility index (Phi) is 6.24. The number of nitrogens with one attached hydrogen (secondary N) is 1. The monoisotopic (exact) mass is 457 g/mol. The van der Waals surface area contributed by atoms with Crippen LogP contribution in [-0.4, -0.2) is 49.1 Å². The summed E-state index contributed by atoms with van der Waals surface area (Å²) in [7, 11) is 3.18. The lowest BCUT2D eigenvalue weighted by Gasteiger charge is -2.51. The van der Waals surface area contributed by atoms with Crippen molar-refractivity contribution < 1.29 is 14.3 Å². The number of rotatable bonds is 7. The Morgan fingerprint density at radius 2 is 1.94 bits per heavy atom. The molecule has 2 aromatic carbocycles. The minimum atomic E-state index is -0.175. The third-order valence-corrected chi connectivity index (χ3v) is 7.46. The van der Waals surface area contributed by atoms with E-state index in [1.165, 1.54) is 6.42 Å². The second kappa shape index (κ2) is 9.47. The van der Waals surface area contributed by atoms with Crippen molar-refractivity contribution in [1.29, 1.82) is 0 Å². The summed E-state index contributed by atoms with van der Waals surface area (Å²) in [6, 6.07) is 15.5. The molecule has 0 radical (unpaired) electrons. The molecule has 3 aromatic rings. The molecule has 6 heteroatoms. The van der Waals surface area contributed by atoms with Crippen molar-refractivity contribution in [2.45, 2.75) is 24.9 Å². The molecule has 3 fully saturated rings. The number of carbonyl (C=O) groups excluding carboxylic acids is 1. The van der Waals surface area contributed by atoms with E-state index in [0.717, 1.165) is 36.0 Å². The number of methoxy groups -OCH3 is 2. The smallest absolute Gasteiger partial charge is 0.252 e. The lowest BCUT2D eigenvalue weighted by Crippen LogP contribution is -2.57. The van der Waals surface area contributed by atoms with Gasteiger partial charge in [0.2, 0.25) is 0 Å². The van der Waals surface area contributed by atoms with E-state index in [1.54, 1.807) is 32.4 Å². The van der Waals surface area contributed by atoms with Gasteiger partial charge in [-0.05, 0) is 61.1 Å². The number of para-hydroxylation sites is 1. The van der Waals surface area contributed by atoms with Crippen molar-refractivity contribution in [3.63, 3.8) is 0 Å². The summed E-state index contributed by atoms with van der Waals surface area (Å²) in [5, 5.41) is 4.46. The van der Waals surface area contributed by atoms with Crippen LogP contribution in [0.5, 0.6) is 11.5 Å². The molecule has 1 aromatic heterocycles. The second-order valence-electron chi connectivity index (χ2n) is 9.22. The van der Waals surface area contributed by atoms with Crippen LogP contribution >= 0.6 is 0 Å². The number of hydrogen-bond acceptors (Lipinski definition) is 5. The lowest BCUT2D eigenvalue weighted by atomic mass is 9.73. The highest BCUT2D eigenvalue weighted by Crippen LogP contribution is 2.42. The van der Waals surface area contributed by atoms with Crippen LogP contribution in [0.2, 0.25) is 0 Å². The molecule has 6 nitrogen and oxygen atoms in total. The SMILES string of the molecule is C=C[C@H]1CN2CC[C@H]1C[C@@H]2[C@H](NC(=O)c1cc(OC)cc(OC)c1)c1ccnc2ccccc12. The van der Waals surface area contributed by atoms with E-state index < -0.39 is 0 Å². The Bertz CT molecular complexity index is 1180. The van der Waals surface area contributed by atoms with Gasteiger partial charge in [0.15, 0.2) is 0 Å². The molecule has 176 valence electrons. The Balaban J connectivity index is 1.54. The normalized spacial score (nSPS) is 24.4. The third-order valence-electron chi connectivity index (χ3n) is 7.46. The molecule has 5 atom stereocenters. The van der Waals surface area contributed by atoms with Crippen molar-refractivity contribution in [3.8, 4) is 11.5 Å². The average Bonchev–Trinajstić information content (AvgIpc) is 2.91. The summed E-state index contributed by atoms with van der Waals surface area (Å²) in [6.45, 7) is 6.10. The number of fused-ring (bicyclic) bond motifs is 4. The van der Waals surface area contributed by atoms with Gasteiger partial charge < -0.3 is 14.8 Å². The maximum absolute atomic E-state index is 13.6. The summed E-state index contributed by atoms with van der Waals surface area (Å²) in [5.74, 6) is 2.13. The van der Waals surface area contributed by atoms with Gasteiger partial charge in [-0.1, -0.05) is 24.3 Å². The molecular weight excluding hydrogens is 426 g/mol. The van der Waals surface area contributed by atoms with Gasteiger partial charge in [0, 0.05) is 35.8 Å². The highest BCUT2D eigenvalue weighted by Gasteiger charge is 2.43. The van der Waals surface area contributed by atoms with Crippen LogP contribution in [-0.2, 0) is 0 Å². The molecule has 0 saturated carbocycles. The summed E-state index contributed by atoms with van der Waals surface area (Å²) in [4.78, 5) is 20.7. The van der Waals surface area contributed by atoms with E-state index >= 15 is 0 Å². The molecule has 0 aliphatic carbocycles. The number of hydrogen-bond donors (Lipinski definition) is 1. The number of ether oxygens (including phenoxy) is 2. The highest BCUT2D eigenvalue weighted by atomic mass is 16.5. The number of nitrogens with zero attached hydrogens (tertiary/aromatic N) is 2. The molecule has 0 spiro atoms. The van der Waals surface area contributed by atoms with Crippen LogP contribution in [0.4, 0.5) is 0 Å². The van der Waals surface area contributed by atoms with Crippen molar-refractivity contribution in [3.05, 3.63) is 78.5 Å². The number of aromatic nitrogens is 1. The van der Waals surface area contributed by atoms with Crippen LogP contribution in [0, 0.1) is 11.8 Å². The average molecular weight is 458 g/mol. The van der Waals surface area contributed by atoms with E-state index in [-0.39, 0.29) is 18.0 Å². The van der Waals surface area contributed by atoms with E-state index in [9.17, 15) is 4.79 Å². The van der Waals surface area contributed by atoms with Gasteiger partial charge in [-0.2, -0.15) is 0 Å². The fourth-order valence-corrected chi connectivity index (χ4v) is 5.66. The highest BCUT2D eigenvalue weighted by molar-refractivity contribution is 5.96. The van der Waals surface area contributed by atoms with Crippen LogP contribution < -0.4 is 14.8 Å². The molecule has 1 unspecified atom stereocenters. The van der Waals surface area contributed by atoms with Crippen molar-refractivity contribution in [1.82, 2.24) is 15.2 Å². The lowest BCUT2D eigenvalue weighted by molar-refractivity contribution is 0.00170. The molecule has 34 heavy (non-hydrogen) atoms. The Hall–Kier alpha value is -3.38. The first-order valence-corrected chi connectivity index (χ1v) is 11.9. The van der Waals surface area contributed by atoms with Crippen molar-refractivity contribution in [2.75, 3.05) is 27.3 Å². The maximum atomic E-state index is 13.6. The zero-order valence-electron chi connectivity index (χ0n) is 19.7. The predicted octanol–water partition coefficient (Wildman–Crippen LogP) is 4.62. The molecule has 1 N–H and O–H groups in total. The Labute approximate surface area is 200 Å². The van der Waals surface area contributed by atoms with Gasteiger partial charge in [0.25, 0.3) is 5.91 Å². The van der Waals surface area contributed by atoms with Crippen molar-refractivity contribution in [2.24, 2.45) is 11.8 Å². The first-order valence-electron chi connectivity index (χ1n) is 11.9. The van der Waals surface area contributed by atoms with Crippen LogP contribution in [0.15, 0.2) is 67.4 Å². The quantitative estimate of drug-likeness (QED) is 0.525. The number of piperidine rings is 3. The van der Waals surface area contributed by atoms with Gasteiger partial charge >= 0.3 is 0 Å². The Morgan fingerprint density at radius 3 is 2.62 bits per heavy atom. The van der Waals surface area contributed by atoms with Gasteiger partial charge in [0.05, 0.1) is 25.8 Å². The number of pyridine rings is 1. The first kappa shape index (κ1) is 22.4. The summed E-state index contributed by atoms with van der Waals surface area (Å²) >= 11 is 0. The predicted molar refractivity (Wildman–Crippen MR) is 133 cm³/mol. The van der Waals surface area contributed by atoms with E-state index in [0.29, 0.717) is 28.9 Å². The molecular formula is C28H31N3O3. The summed E-state index contributed by atoms with van der Waals surface area (Å²) < 4.78 is 10.8. The largest absolute Gasteiger partial charge is 0.497 e. The molecule has 3 aliphatic rings. The van der Waals surface area contributed by atoms with E-state index in [1.807, 2.05) is 30.5 Å². The van der Waals surface area contributed by atoms with Gasteiger partial charge in [-0.15, -0.1) is 6.58 Å². The topological polar surface area (TPSA) is 63.7 Å². The van der Waals surface area contributed by atoms with E-state index in [4.69, 9.17) is 9.47 Å². The fourth-order valence-electron chi connectivity index (χ4n) is 5.66. The fraction of sp³-hybridized carbons (Fsp3) is 0.357. The number of carbonyl (C=O) groups is 1. The van der Waals surface area contributed by atoms with Gasteiger partial charge in [0.1, 0.15) is 11.5 Å². The summed E-state index contributed by atoms with van der Waals surface area (Å²) in [6.07, 6.45) is 6.15.